The number of nitrogens with one attached hydrogen (secondary N) is 1. The lowest BCUT2D eigenvalue weighted by molar-refractivity contribution is -0.120. The highest BCUT2D eigenvalue weighted by molar-refractivity contribution is 7.22. The van der Waals surface area contributed by atoms with Gasteiger partial charge < -0.3 is 15.0 Å². The number of hydrogen-bond donors (Lipinski definition) is 1. The molecule has 1 N–H and O–H groups in total. The van der Waals surface area contributed by atoms with Crippen molar-refractivity contribution in [2.75, 3.05) is 30.4 Å². The molecule has 0 aliphatic carbocycles. The fraction of sp³-hybridized carbons (Fsp3) is 0.286. The molecule has 2 aromatic carbocycles. The van der Waals surface area contributed by atoms with E-state index < -0.39 is 5.97 Å². The first-order chi connectivity index (χ1) is 14.0. The molecular formula is C21H20FN3O3S. The number of thiazole rings is 1. The summed E-state index contributed by atoms with van der Waals surface area (Å²) in [5.74, 6) is -0.927. The predicted molar refractivity (Wildman–Crippen MR) is 111 cm³/mol. The van der Waals surface area contributed by atoms with Gasteiger partial charge in [0.25, 0.3) is 0 Å². The van der Waals surface area contributed by atoms with Crippen molar-refractivity contribution in [3.8, 4) is 0 Å². The van der Waals surface area contributed by atoms with E-state index in [-0.39, 0.29) is 17.6 Å². The average molecular weight is 413 g/mol. The van der Waals surface area contributed by atoms with Crippen LogP contribution in [0.25, 0.3) is 10.2 Å². The molecule has 1 aliphatic rings. The van der Waals surface area contributed by atoms with Crippen LogP contribution in [0.3, 0.4) is 0 Å². The first-order valence-corrected chi connectivity index (χ1v) is 10.2. The van der Waals surface area contributed by atoms with E-state index in [9.17, 15) is 14.0 Å². The van der Waals surface area contributed by atoms with E-state index in [0.717, 1.165) is 34.7 Å². The SMILES string of the molecule is COC(=O)c1ccc(NC(=O)C2CCCN(c3nc4ccc(F)cc4s3)C2)cc1. The number of halogens is 1. The number of methoxy groups -OCH3 is 1. The van der Waals surface area contributed by atoms with Crippen LogP contribution in [0.1, 0.15) is 23.2 Å². The fourth-order valence-corrected chi connectivity index (χ4v) is 4.46. The number of nitrogens with zero attached hydrogens (tertiary/aromatic N) is 2. The van der Waals surface area contributed by atoms with Crippen LogP contribution in [0, 0.1) is 11.7 Å². The Hall–Kier alpha value is -3.00. The summed E-state index contributed by atoms with van der Waals surface area (Å²) < 4.78 is 18.9. The molecule has 4 rings (SSSR count). The van der Waals surface area contributed by atoms with Gasteiger partial charge in [0.05, 0.1) is 28.8 Å². The van der Waals surface area contributed by atoms with E-state index in [1.165, 1.54) is 30.6 Å². The third-order valence-electron chi connectivity index (χ3n) is 4.98. The van der Waals surface area contributed by atoms with E-state index >= 15 is 0 Å². The van der Waals surface area contributed by atoms with Gasteiger partial charge in [0.1, 0.15) is 5.82 Å². The number of amides is 1. The largest absolute Gasteiger partial charge is 0.465 e. The molecule has 1 atom stereocenters. The van der Waals surface area contributed by atoms with E-state index in [1.54, 1.807) is 30.3 Å². The van der Waals surface area contributed by atoms with Gasteiger partial charge in [-0.1, -0.05) is 11.3 Å². The Labute approximate surface area is 171 Å². The van der Waals surface area contributed by atoms with E-state index in [0.29, 0.717) is 17.8 Å². The zero-order chi connectivity index (χ0) is 20.4. The van der Waals surface area contributed by atoms with Crippen LogP contribution < -0.4 is 10.2 Å². The second-order valence-corrected chi connectivity index (χ2v) is 7.96. The first kappa shape index (κ1) is 19.3. The second-order valence-electron chi connectivity index (χ2n) is 6.95. The van der Waals surface area contributed by atoms with Crippen molar-refractivity contribution in [2.45, 2.75) is 12.8 Å². The number of rotatable bonds is 4. The highest BCUT2D eigenvalue weighted by Gasteiger charge is 2.27. The molecule has 0 saturated carbocycles. The summed E-state index contributed by atoms with van der Waals surface area (Å²) in [4.78, 5) is 30.9. The molecule has 8 heteroatoms. The molecule has 2 heterocycles. The minimum atomic E-state index is -0.415. The highest BCUT2D eigenvalue weighted by atomic mass is 32.1. The van der Waals surface area contributed by atoms with Crippen LogP contribution in [-0.4, -0.2) is 37.1 Å². The summed E-state index contributed by atoms with van der Waals surface area (Å²) in [7, 11) is 1.33. The van der Waals surface area contributed by atoms with Gasteiger partial charge in [-0.15, -0.1) is 0 Å². The summed E-state index contributed by atoms with van der Waals surface area (Å²) in [5.41, 5.74) is 1.83. The number of piperidine rings is 1. The molecule has 1 fully saturated rings. The number of hydrogen-bond acceptors (Lipinski definition) is 6. The summed E-state index contributed by atoms with van der Waals surface area (Å²) >= 11 is 1.44. The van der Waals surface area contributed by atoms with Gasteiger partial charge >= 0.3 is 5.97 Å². The van der Waals surface area contributed by atoms with E-state index in [1.807, 2.05) is 0 Å². The van der Waals surface area contributed by atoms with Crippen LogP contribution in [0.2, 0.25) is 0 Å². The molecule has 1 unspecified atom stereocenters. The highest BCUT2D eigenvalue weighted by Crippen LogP contribution is 2.32. The van der Waals surface area contributed by atoms with Crippen LogP contribution in [0.4, 0.5) is 15.2 Å². The van der Waals surface area contributed by atoms with Crippen molar-refractivity contribution in [2.24, 2.45) is 5.92 Å². The molecule has 1 aliphatic heterocycles. The molecule has 150 valence electrons. The number of carbonyl (C=O) groups is 2. The quantitative estimate of drug-likeness (QED) is 0.653. The predicted octanol–water partition coefficient (Wildman–Crippen LogP) is 4.08. The summed E-state index contributed by atoms with van der Waals surface area (Å²) in [5, 5.41) is 3.73. The van der Waals surface area contributed by atoms with Gasteiger partial charge in [0.2, 0.25) is 5.91 Å². The van der Waals surface area contributed by atoms with Gasteiger partial charge in [-0.3, -0.25) is 4.79 Å². The number of carbonyl (C=O) groups excluding carboxylic acids is 2. The molecule has 1 amide bonds. The minimum Gasteiger partial charge on any atom is -0.465 e. The van der Waals surface area contributed by atoms with Crippen molar-refractivity contribution < 1.29 is 18.7 Å². The van der Waals surface area contributed by atoms with Gasteiger partial charge in [-0.2, -0.15) is 0 Å². The third kappa shape index (κ3) is 4.22. The van der Waals surface area contributed by atoms with Crippen LogP contribution >= 0.6 is 11.3 Å². The first-order valence-electron chi connectivity index (χ1n) is 9.34. The lowest BCUT2D eigenvalue weighted by Gasteiger charge is -2.31. The molecule has 0 bridgehead atoms. The van der Waals surface area contributed by atoms with Crippen LogP contribution in [-0.2, 0) is 9.53 Å². The van der Waals surface area contributed by atoms with E-state index in [4.69, 9.17) is 0 Å². The standard InChI is InChI=1S/C21H20FN3O3S/c1-28-20(27)13-4-7-16(8-5-13)23-19(26)14-3-2-10-25(12-14)21-24-17-9-6-15(22)11-18(17)29-21/h4-9,11,14H,2-3,10,12H2,1H3,(H,23,26). The van der Waals surface area contributed by atoms with Gasteiger partial charge in [-0.25, -0.2) is 14.2 Å². The number of fused-ring (bicyclic) bond motifs is 1. The number of anilines is 2. The normalized spacial score (nSPS) is 16.6. The Morgan fingerprint density at radius 1 is 1.24 bits per heavy atom. The topological polar surface area (TPSA) is 71.5 Å². The van der Waals surface area contributed by atoms with E-state index in [2.05, 4.69) is 19.9 Å². The van der Waals surface area contributed by atoms with Crippen molar-refractivity contribution in [1.29, 1.82) is 0 Å². The Balaban J connectivity index is 1.43. The molecule has 6 nitrogen and oxygen atoms in total. The van der Waals surface area contributed by atoms with Crippen molar-refractivity contribution >= 4 is 44.2 Å². The molecule has 0 radical (unpaired) electrons. The van der Waals surface area contributed by atoms with Crippen molar-refractivity contribution in [3.05, 3.63) is 53.8 Å². The fourth-order valence-electron chi connectivity index (χ4n) is 3.44. The Bertz CT molecular complexity index is 1050. The second kappa shape index (κ2) is 8.16. The molecule has 1 aromatic heterocycles. The zero-order valence-electron chi connectivity index (χ0n) is 15.9. The summed E-state index contributed by atoms with van der Waals surface area (Å²) in [6, 6.07) is 11.2. The third-order valence-corrected chi connectivity index (χ3v) is 6.05. The van der Waals surface area contributed by atoms with Gasteiger partial charge in [0.15, 0.2) is 5.13 Å². The van der Waals surface area contributed by atoms with Crippen molar-refractivity contribution in [1.82, 2.24) is 4.98 Å². The Kier molecular flexibility index (Phi) is 5.44. The molecule has 1 saturated heterocycles. The molecular weight excluding hydrogens is 393 g/mol. The zero-order valence-corrected chi connectivity index (χ0v) is 16.7. The molecule has 29 heavy (non-hydrogen) atoms. The summed E-state index contributed by atoms with van der Waals surface area (Å²) in [6.07, 6.45) is 1.67. The molecule has 3 aromatic rings. The average Bonchev–Trinajstić information content (AvgIpc) is 3.17. The number of esters is 1. The lowest BCUT2D eigenvalue weighted by atomic mass is 9.97. The van der Waals surface area contributed by atoms with Crippen molar-refractivity contribution in [3.63, 3.8) is 0 Å². The Morgan fingerprint density at radius 3 is 2.79 bits per heavy atom. The number of benzene rings is 2. The summed E-state index contributed by atoms with van der Waals surface area (Å²) in [6.45, 7) is 1.38. The maximum Gasteiger partial charge on any atom is 0.337 e. The van der Waals surface area contributed by atoms with Gasteiger partial charge in [0, 0.05) is 18.8 Å². The minimum absolute atomic E-state index is 0.0623. The van der Waals surface area contributed by atoms with Gasteiger partial charge in [-0.05, 0) is 55.3 Å². The smallest absolute Gasteiger partial charge is 0.337 e. The van der Waals surface area contributed by atoms with Crippen LogP contribution in [0.15, 0.2) is 42.5 Å². The monoisotopic (exact) mass is 413 g/mol. The molecule has 0 spiro atoms. The lowest BCUT2D eigenvalue weighted by Crippen LogP contribution is -2.40. The number of aromatic nitrogens is 1. The van der Waals surface area contributed by atoms with Crippen LogP contribution in [0.5, 0.6) is 0 Å². The number of ether oxygens (including phenoxy) is 1. The maximum absolute atomic E-state index is 13.4. The maximum atomic E-state index is 13.4. The Morgan fingerprint density at radius 2 is 2.03 bits per heavy atom.